The highest BCUT2D eigenvalue weighted by Gasteiger charge is 2.25. The molecule has 1 unspecified atom stereocenters. The van der Waals surface area contributed by atoms with Gasteiger partial charge in [0.25, 0.3) is 0 Å². The van der Waals surface area contributed by atoms with E-state index in [0.717, 1.165) is 50.7 Å². The summed E-state index contributed by atoms with van der Waals surface area (Å²) in [5, 5.41) is 4.92. The molecule has 0 aliphatic carbocycles. The predicted octanol–water partition coefficient (Wildman–Crippen LogP) is 5.13. The summed E-state index contributed by atoms with van der Waals surface area (Å²) in [6, 6.07) is 18.1. The highest BCUT2D eigenvalue weighted by atomic mass is 32.2. The summed E-state index contributed by atoms with van der Waals surface area (Å²) in [6.45, 7) is 0.464. The topological polar surface area (TPSA) is 56.8 Å². The molecule has 0 fully saturated rings. The molecule has 5 nitrogen and oxygen atoms in total. The quantitative estimate of drug-likeness (QED) is 0.228. The van der Waals surface area contributed by atoms with Crippen LogP contribution in [-0.2, 0) is 20.4 Å². The molecule has 2 aromatic carbocycles. The molecule has 154 valence electrons. The van der Waals surface area contributed by atoms with Gasteiger partial charge in [0.15, 0.2) is 0 Å². The third-order valence-corrected chi connectivity index (χ3v) is 6.14. The van der Waals surface area contributed by atoms with Crippen molar-refractivity contribution >= 4 is 35.4 Å². The van der Waals surface area contributed by atoms with Gasteiger partial charge in [-0.25, -0.2) is 4.89 Å². The lowest BCUT2D eigenvalue weighted by Gasteiger charge is -2.13. The van der Waals surface area contributed by atoms with Crippen molar-refractivity contribution in [3.63, 3.8) is 0 Å². The molecule has 4 rings (SSSR count). The Balaban J connectivity index is 1.38. The predicted molar refractivity (Wildman–Crippen MR) is 120 cm³/mol. The summed E-state index contributed by atoms with van der Waals surface area (Å²) in [5.41, 5.74) is 3.27. The van der Waals surface area contributed by atoms with Gasteiger partial charge in [0.1, 0.15) is 11.9 Å². The average molecular weight is 440 g/mol. The molecule has 1 aliphatic heterocycles. The van der Waals surface area contributed by atoms with Crippen LogP contribution in [0.25, 0.3) is 17.2 Å². The first kappa shape index (κ1) is 20.7. The number of carbonyl (C=O) groups excluding carboxylic acids is 1. The van der Waals surface area contributed by atoms with Gasteiger partial charge in [-0.1, -0.05) is 36.4 Å². The van der Waals surface area contributed by atoms with Crippen LogP contribution in [0, 0.1) is 0 Å². The minimum absolute atomic E-state index is 0.0785. The van der Waals surface area contributed by atoms with Gasteiger partial charge in [0.05, 0.1) is 25.7 Å². The van der Waals surface area contributed by atoms with E-state index < -0.39 is 0 Å². The summed E-state index contributed by atoms with van der Waals surface area (Å²) in [7, 11) is 1.48. The average Bonchev–Trinajstić information content (AvgIpc) is 3.44. The first-order valence-corrected chi connectivity index (χ1v) is 11.1. The molecule has 0 spiro atoms. The van der Waals surface area contributed by atoms with Crippen molar-refractivity contribution in [1.29, 1.82) is 0 Å². The smallest absolute Gasteiger partial charge is 0.244 e. The van der Waals surface area contributed by atoms with Gasteiger partial charge in [0, 0.05) is 27.8 Å². The normalized spacial score (nSPS) is 15.2. The fraction of sp³-hybridized carbons (Fsp3) is 0.174. The lowest BCUT2D eigenvalue weighted by atomic mass is 10.0. The van der Waals surface area contributed by atoms with Crippen molar-refractivity contribution in [2.75, 3.05) is 13.7 Å². The van der Waals surface area contributed by atoms with Crippen LogP contribution in [0.4, 0.5) is 0 Å². The minimum atomic E-state index is -0.116. The van der Waals surface area contributed by atoms with E-state index in [2.05, 4.69) is 22.3 Å². The number of para-hydroxylation sites is 1. The van der Waals surface area contributed by atoms with Crippen molar-refractivity contribution in [1.82, 2.24) is 5.32 Å². The summed E-state index contributed by atoms with van der Waals surface area (Å²) >= 11 is 2.76. The van der Waals surface area contributed by atoms with E-state index in [0.29, 0.717) is 6.54 Å². The molecule has 0 saturated heterocycles. The molecular weight excluding hydrogens is 418 g/mol. The Labute approximate surface area is 183 Å². The third-order valence-electron chi connectivity index (χ3n) is 4.64. The number of ether oxygens (including phenoxy) is 1. The van der Waals surface area contributed by atoms with Crippen LogP contribution in [0.3, 0.4) is 0 Å². The van der Waals surface area contributed by atoms with Gasteiger partial charge < -0.3 is 10.1 Å². The van der Waals surface area contributed by atoms with Gasteiger partial charge >= 0.3 is 0 Å². The van der Waals surface area contributed by atoms with Crippen LogP contribution >= 0.6 is 23.4 Å². The number of benzene rings is 2. The zero-order chi connectivity index (χ0) is 20.8. The molecule has 1 aliphatic rings. The summed E-state index contributed by atoms with van der Waals surface area (Å²) < 4.78 is 11.1. The molecular formula is C23H21NO4S2. The summed E-state index contributed by atoms with van der Waals surface area (Å²) in [6.07, 6.45) is 4.08. The maximum Gasteiger partial charge on any atom is 0.244 e. The van der Waals surface area contributed by atoms with Gasteiger partial charge in [-0.2, -0.15) is 4.33 Å². The molecule has 0 saturated carbocycles. The third kappa shape index (κ3) is 5.12. The van der Waals surface area contributed by atoms with Crippen LogP contribution in [-0.4, -0.2) is 25.7 Å². The van der Waals surface area contributed by atoms with Gasteiger partial charge in [-0.15, -0.1) is 11.3 Å². The highest BCUT2D eigenvalue weighted by molar-refractivity contribution is 7.94. The van der Waals surface area contributed by atoms with E-state index >= 15 is 0 Å². The fourth-order valence-corrected chi connectivity index (χ4v) is 4.27. The first-order valence-electron chi connectivity index (χ1n) is 9.48. The van der Waals surface area contributed by atoms with E-state index in [4.69, 9.17) is 9.07 Å². The molecule has 0 bridgehead atoms. The Morgan fingerprint density at radius 2 is 2.10 bits per heavy atom. The zero-order valence-corrected chi connectivity index (χ0v) is 18.0. The van der Waals surface area contributed by atoms with E-state index in [1.54, 1.807) is 17.4 Å². The maximum absolute atomic E-state index is 12.1. The number of nitrogens with one attached hydrogen (secondary N) is 1. The Bertz CT molecular complexity index is 1020. The van der Waals surface area contributed by atoms with Crippen LogP contribution < -0.4 is 10.1 Å². The van der Waals surface area contributed by atoms with Gasteiger partial charge in [-0.05, 0) is 40.8 Å². The monoisotopic (exact) mass is 439 g/mol. The second-order valence-corrected chi connectivity index (χ2v) is 8.43. The Kier molecular flexibility index (Phi) is 6.86. The fourth-order valence-electron chi connectivity index (χ4n) is 3.26. The molecule has 3 aromatic rings. The first-order chi connectivity index (χ1) is 14.7. The van der Waals surface area contributed by atoms with Crippen LogP contribution in [0.5, 0.6) is 5.75 Å². The second-order valence-electron chi connectivity index (χ2n) is 6.67. The number of thiophene rings is 1. The van der Waals surface area contributed by atoms with E-state index in [1.165, 1.54) is 7.11 Å². The zero-order valence-electron chi connectivity index (χ0n) is 16.4. The van der Waals surface area contributed by atoms with Crippen molar-refractivity contribution in [2.24, 2.45) is 0 Å². The van der Waals surface area contributed by atoms with E-state index in [-0.39, 0.29) is 12.0 Å². The number of rotatable bonds is 8. The lowest BCUT2D eigenvalue weighted by Crippen LogP contribution is -2.33. The number of amides is 1. The Morgan fingerprint density at radius 1 is 1.23 bits per heavy atom. The minimum Gasteiger partial charge on any atom is -0.487 e. The summed E-state index contributed by atoms with van der Waals surface area (Å²) in [4.78, 5) is 18.7. The number of fused-ring (bicyclic) bond motifs is 1. The van der Waals surface area contributed by atoms with Crippen molar-refractivity contribution in [2.45, 2.75) is 17.4 Å². The molecule has 1 atom stereocenters. The van der Waals surface area contributed by atoms with Crippen molar-refractivity contribution in [3.8, 4) is 16.9 Å². The standard InChI is InChI=1S/C23H21NO4S2/c1-26-28-30-20-9-7-16(8-10-20)21-6-2-4-17-14-18(27-23(17)21)15-24-22(25)12-11-19-5-3-13-29-19/h2-13,18H,14-15H2,1H3,(H,24,25). The second kappa shape index (κ2) is 9.95. The van der Waals surface area contributed by atoms with Crippen LogP contribution in [0.2, 0.25) is 0 Å². The SMILES string of the molecule is COOSc1ccc(-c2cccc3c2OC(CNC(=O)C=Cc2cccs2)C3)cc1. The largest absolute Gasteiger partial charge is 0.487 e. The van der Waals surface area contributed by atoms with Crippen LogP contribution in [0.1, 0.15) is 10.4 Å². The molecule has 1 amide bonds. The summed E-state index contributed by atoms with van der Waals surface area (Å²) in [5.74, 6) is 0.772. The highest BCUT2D eigenvalue weighted by Crippen LogP contribution is 2.39. The molecule has 30 heavy (non-hydrogen) atoms. The van der Waals surface area contributed by atoms with Gasteiger partial charge in [0.2, 0.25) is 5.91 Å². The number of hydrogen-bond acceptors (Lipinski definition) is 6. The maximum atomic E-state index is 12.1. The van der Waals surface area contributed by atoms with E-state index in [1.807, 2.05) is 53.9 Å². The molecule has 0 radical (unpaired) electrons. The molecule has 1 aromatic heterocycles. The Hall–Kier alpha value is -2.58. The molecule has 2 heterocycles. The molecule has 7 heteroatoms. The van der Waals surface area contributed by atoms with E-state index in [9.17, 15) is 4.79 Å². The number of carbonyl (C=O) groups is 1. The van der Waals surface area contributed by atoms with Crippen molar-refractivity contribution in [3.05, 3.63) is 76.5 Å². The number of hydrogen-bond donors (Lipinski definition) is 1. The van der Waals surface area contributed by atoms with Crippen molar-refractivity contribution < 1.29 is 18.8 Å². The Morgan fingerprint density at radius 3 is 2.87 bits per heavy atom. The van der Waals surface area contributed by atoms with Crippen LogP contribution in [0.15, 0.2) is 70.9 Å². The lowest BCUT2D eigenvalue weighted by molar-refractivity contribution is -0.160. The van der Waals surface area contributed by atoms with Gasteiger partial charge in [-0.3, -0.25) is 4.79 Å². The molecule has 1 N–H and O–H groups in total.